The fraction of sp³-hybridized carbons (Fsp3) is 0.278. The zero-order valence-electron chi connectivity index (χ0n) is 14.5. The van der Waals surface area contributed by atoms with Gasteiger partial charge in [0.05, 0.1) is 31.1 Å². The lowest BCUT2D eigenvalue weighted by Crippen LogP contribution is -2.30. The van der Waals surface area contributed by atoms with Crippen molar-refractivity contribution in [2.75, 3.05) is 13.7 Å². The van der Waals surface area contributed by atoms with Crippen LogP contribution in [-0.2, 0) is 14.8 Å². The van der Waals surface area contributed by atoms with E-state index in [-0.39, 0.29) is 4.90 Å². The number of rotatable bonds is 9. The highest BCUT2D eigenvalue weighted by Crippen LogP contribution is 2.32. The lowest BCUT2D eigenvalue weighted by molar-refractivity contribution is -0.137. The first-order chi connectivity index (χ1) is 12.4. The maximum Gasteiger partial charge on any atom is 0.305 e. The van der Waals surface area contributed by atoms with Crippen molar-refractivity contribution >= 4 is 16.0 Å². The molecule has 1 atom stereocenters. The SMILES string of the molecule is CCOc1ccc(C(CC(=O)O)NS(=O)(=O)c2ccccc2)cc1OC. The molecule has 0 saturated carbocycles. The second-order valence-corrected chi connectivity index (χ2v) is 7.14. The molecular formula is C18H21NO6S. The maximum atomic E-state index is 12.6. The van der Waals surface area contributed by atoms with Crippen LogP contribution >= 0.6 is 0 Å². The molecule has 2 aromatic rings. The van der Waals surface area contributed by atoms with Gasteiger partial charge in [0.2, 0.25) is 10.0 Å². The van der Waals surface area contributed by atoms with Crippen LogP contribution in [0.25, 0.3) is 0 Å². The minimum atomic E-state index is -3.88. The third-order valence-electron chi connectivity index (χ3n) is 3.62. The number of carboxylic acid groups (broad SMARTS) is 1. The molecule has 0 aromatic heterocycles. The topological polar surface area (TPSA) is 102 Å². The Kier molecular flexibility index (Phi) is 6.59. The van der Waals surface area contributed by atoms with E-state index in [2.05, 4.69) is 4.72 Å². The van der Waals surface area contributed by atoms with Gasteiger partial charge in [-0.3, -0.25) is 4.79 Å². The minimum Gasteiger partial charge on any atom is -0.493 e. The van der Waals surface area contributed by atoms with E-state index in [4.69, 9.17) is 9.47 Å². The van der Waals surface area contributed by atoms with E-state index in [0.29, 0.717) is 23.7 Å². The Morgan fingerprint density at radius 3 is 2.42 bits per heavy atom. The van der Waals surface area contributed by atoms with Crippen LogP contribution in [-0.4, -0.2) is 33.2 Å². The molecule has 1 unspecified atom stereocenters. The molecule has 140 valence electrons. The quantitative estimate of drug-likeness (QED) is 0.694. The Balaban J connectivity index is 2.37. The minimum absolute atomic E-state index is 0.0632. The molecule has 8 heteroatoms. The number of nitrogens with one attached hydrogen (secondary N) is 1. The Labute approximate surface area is 152 Å². The highest BCUT2D eigenvalue weighted by atomic mass is 32.2. The van der Waals surface area contributed by atoms with Crippen molar-refractivity contribution in [3.05, 3.63) is 54.1 Å². The van der Waals surface area contributed by atoms with Crippen molar-refractivity contribution in [2.45, 2.75) is 24.3 Å². The van der Waals surface area contributed by atoms with E-state index < -0.39 is 28.5 Å². The van der Waals surface area contributed by atoms with Crippen molar-refractivity contribution in [3.63, 3.8) is 0 Å². The van der Waals surface area contributed by atoms with E-state index >= 15 is 0 Å². The molecule has 26 heavy (non-hydrogen) atoms. The average Bonchev–Trinajstić information content (AvgIpc) is 2.62. The summed E-state index contributed by atoms with van der Waals surface area (Å²) in [5, 5.41) is 9.19. The number of carbonyl (C=O) groups is 1. The van der Waals surface area contributed by atoms with Crippen LogP contribution in [0.2, 0.25) is 0 Å². The van der Waals surface area contributed by atoms with Crippen molar-refractivity contribution in [2.24, 2.45) is 0 Å². The van der Waals surface area contributed by atoms with Gasteiger partial charge in [0, 0.05) is 0 Å². The molecule has 0 amide bonds. The van der Waals surface area contributed by atoms with E-state index in [1.807, 2.05) is 6.92 Å². The zero-order chi connectivity index (χ0) is 19.2. The van der Waals surface area contributed by atoms with Crippen LogP contribution in [0.1, 0.15) is 24.9 Å². The largest absolute Gasteiger partial charge is 0.493 e. The Morgan fingerprint density at radius 1 is 1.15 bits per heavy atom. The smallest absolute Gasteiger partial charge is 0.305 e. The number of sulfonamides is 1. The summed E-state index contributed by atoms with van der Waals surface area (Å²) in [6.45, 7) is 2.27. The van der Waals surface area contributed by atoms with Crippen LogP contribution in [0.15, 0.2) is 53.4 Å². The summed E-state index contributed by atoms with van der Waals surface area (Å²) in [5.74, 6) is -0.226. The van der Waals surface area contributed by atoms with Gasteiger partial charge in [0.15, 0.2) is 11.5 Å². The number of hydrogen-bond acceptors (Lipinski definition) is 5. The predicted molar refractivity (Wildman–Crippen MR) is 95.9 cm³/mol. The molecular weight excluding hydrogens is 358 g/mol. The summed E-state index contributed by atoms with van der Waals surface area (Å²) in [7, 11) is -2.42. The third-order valence-corrected chi connectivity index (χ3v) is 5.11. The van der Waals surface area contributed by atoms with Gasteiger partial charge in [-0.25, -0.2) is 13.1 Å². The molecule has 0 aliphatic rings. The molecule has 0 aliphatic heterocycles. The van der Waals surface area contributed by atoms with Crippen molar-refractivity contribution in [1.82, 2.24) is 4.72 Å². The van der Waals surface area contributed by atoms with Gasteiger partial charge in [-0.15, -0.1) is 0 Å². The standard InChI is InChI=1S/C18H21NO6S/c1-3-25-16-10-9-13(11-17(16)24-2)15(12-18(20)21)19-26(22,23)14-7-5-4-6-8-14/h4-11,15,19H,3,12H2,1-2H3,(H,20,21). The first-order valence-electron chi connectivity index (χ1n) is 7.97. The first kappa shape index (κ1) is 19.7. The maximum absolute atomic E-state index is 12.6. The lowest BCUT2D eigenvalue weighted by atomic mass is 10.0. The van der Waals surface area contributed by atoms with Crippen molar-refractivity contribution < 1.29 is 27.8 Å². The van der Waals surface area contributed by atoms with Gasteiger partial charge in [-0.05, 0) is 36.8 Å². The van der Waals surface area contributed by atoms with Crippen LogP contribution in [0, 0.1) is 0 Å². The Bertz CT molecular complexity index is 851. The predicted octanol–water partition coefficient (Wildman–Crippen LogP) is 2.59. The van der Waals surface area contributed by atoms with Crippen molar-refractivity contribution in [1.29, 1.82) is 0 Å². The fourth-order valence-electron chi connectivity index (χ4n) is 2.43. The third kappa shape index (κ3) is 4.96. The van der Waals surface area contributed by atoms with Gasteiger partial charge in [0.25, 0.3) is 0 Å². The fourth-order valence-corrected chi connectivity index (χ4v) is 3.68. The normalized spacial score (nSPS) is 12.4. The van der Waals surface area contributed by atoms with E-state index in [1.54, 1.807) is 36.4 Å². The van der Waals surface area contributed by atoms with Crippen LogP contribution in [0.5, 0.6) is 11.5 Å². The van der Waals surface area contributed by atoms with Gasteiger partial charge in [0.1, 0.15) is 0 Å². The molecule has 0 bridgehead atoms. The number of benzene rings is 2. The summed E-state index contributed by atoms with van der Waals surface area (Å²) in [6, 6.07) is 11.6. The van der Waals surface area contributed by atoms with Gasteiger partial charge < -0.3 is 14.6 Å². The summed E-state index contributed by atoms with van der Waals surface area (Å²) in [6.07, 6.45) is -0.413. The number of hydrogen-bond donors (Lipinski definition) is 2. The Hall–Kier alpha value is -2.58. The van der Waals surface area contributed by atoms with E-state index in [1.165, 1.54) is 19.2 Å². The second-order valence-electron chi connectivity index (χ2n) is 5.43. The van der Waals surface area contributed by atoms with Gasteiger partial charge >= 0.3 is 5.97 Å². The number of carboxylic acids is 1. The summed E-state index contributed by atoms with van der Waals surface area (Å²) < 4.78 is 38.3. The number of methoxy groups -OCH3 is 1. The molecule has 0 heterocycles. The molecule has 0 aliphatic carbocycles. The number of ether oxygens (including phenoxy) is 2. The van der Waals surface area contributed by atoms with Crippen LogP contribution in [0.3, 0.4) is 0 Å². The Morgan fingerprint density at radius 2 is 1.85 bits per heavy atom. The zero-order valence-corrected chi connectivity index (χ0v) is 15.3. The summed E-state index contributed by atoms with van der Waals surface area (Å²) in [5.41, 5.74) is 0.465. The molecule has 0 radical (unpaired) electrons. The first-order valence-corrected chi connectivity index (χ1v) is 9.45. The van der Waals surface area contributed by atoms with E-state index in [9.17, 15) is 18.3 Å². The highest BCUT2D eigenvalue weighted by Gasteiger charge is 2.24. The number of aliphatic carboxylic acids is 1. The van der Waals surface area contributed by atoms with Crippen LogP contribution < -0.4 is 14.2 Å². The van der Waals surface area contributed by atoms with Crippen LogP contribution in [0.4, 0.5) is 0 Å². The molecule has 2 N–H and O–H groups in total. The average molecular weight is 379 g/mol. The summed E-state index contributed by atoms with van der Waals surface area (Å²) in [4.78, 5) is 11.3. The monoisotopic (exact) mass is 379 g/mol. The molecule has 0 saturated heterocycles. The van der Waals surface area contributed by atoms with Gasteiger partial charge in [-0.2, -0.15) is 0 Å². The highest BCUT2D eigenvalue weighted by molar-refractivity contribution is 7.89. The van der Waals surface area contributed by atoms with Gasteiger partial charge in [-0.1, -0.05) is 24.3 Å². The molecule has 0 spiro atoms. The molecule has 2 aromatic carbocycles. The summed E-state index contributed by atoms with van der Waals surface area (Å²) >= 11 is 0. The van der Waals surface area contributed by atoms with Crippen molar-refractivity contribution in [3.8, 4) is 11.5 Å². The molecule has 2 rings (SSSR count). The lowest BCUT2D eigenvalue weighted by Gasteiger charge is -2.19. The molecule has 7 nitrogen and oxygen atoms in total. The van der Waals surface area contributed by atoms with E-state index in [0.717, 1.165) is 0 Å². The second kappa shape index (κ2) is 8.68. The molecule has 0 fully saturated rings.